The van der Waals surface area contributed by atoms with Crippen LogP contribution in [0.25, 0.3) is 11.4 Å². The van der Waals surface area contributed by atoms with E-state index in [0.717, 1.165) is 35.1 Å². The first kappa shape index (κ1) is 17.1. The molecule has 1 aromatic heterocycles. The molecule has 134 valence electrons. The molecule has 1 heterocycles. The number of thioether (sulfide) groups is 1. The summed E-state index contributed by atoms with van der Waals surface area (Å²) in [6.45, 7) is 2.62. The molecule has 0 N–H and O–H groups in total. The Labute approximate surface area is 156 Å². The Morgan fingerprint density at radius 2 is 1.88 bits per heavy atom. The number of benzene rings is 2. The Morgan fingerprint density at radius 1 is 1.12 bits per heavy atom. The maximum Gasteiger partial charge on any atom is 0.191 e. The van der Waals surface area contributed by atoms with Crippen molar-refractivity contribution in [2.45, 2.75) is 31.0 Å². The summed E-state index contributed by atoms with van der Waals surface area (Å²) in [5.41, 5.74) is 1.63. The van der Waals surface area contributed by atoms with E-state index in [1.54, 1.807) is 23.9 Å². The maximum absolute atomic E-state index is 14.2. The van der Waals surface area contributed by atoms with Gasteiger partial charge in [0.15, 0.2) is 11.0 Å². The van der Waals surface area contributed by atoms with Crippen molar-refractivity contribution in [2.24, 2.45) is 0 Å². The molecule has 0 aliphatic heterocycles. The van der Waals surface area contributed by atoms with Crippen LogP contribution < -0.4 is 4.74 Å². The molecule has 1 saturated carbocycles. The molecule has 4 rings (SSSR count). The van der Waals surface area contributed by atoms with E-state index in [1.807, 2.05) is 37.3 Å². The SMILES string of the molecule is Cc1ccccc1OCCSc1nnc(-c2ccccc2F)n1C1CC1. The average molecular weight is 369 g/mol. The van der Waals surface area contributed by atoms with Gasteiger partial charge < -0.3 is 4.74 Å². The van der Waals surface area contributed by atoms with Crippen molar-refractivity contribution in [2.75, 3.05) is 12.4 Å². The summed E-state index contributed by atoms with van der Waals surface area (Å²) in [7, 11) is 0. The number of rotatable bonds is 7. The first-order valence-electron chi connectivity index (χ1n) is 8.75. The number of hydrogen-bond donors (Lipinski definition) is 0. The fourth-order valence-electron chi connectivity index (χ4n) is 2.87. The van der Waals surface area contributed by atoms with Gasteiger partial charge in [-0.15, -0.1) is 10.2 Å². The monoisotopic (exact) mass is 369 g/mol. The predicted molar refractivity (Wildman–Crippen MR) is 101 cm³/mol. The van der Waals surface area contributed by atoms with Crippen LogP contribution in [-0.2, 0) is 0 Å². The summed E-state index contributed by atoms with van der Waals surface area (Å²) in [6, 6.07) is 15.1. The fraction of sp³-hybridized carbons (Fsp3) is 0.300. The molecule has 1 aliphatic rings. The third kappa shape index (κ3) is 3.60. The molecule has 0 radical (unpaired) electrons. The highest BCUT2D eigenvalue weighted by Gasteiger charge is 2.30. The molecule has 26 heavy (non-hydrogen) atoms. The minimum atomic E-state index is -0.263. The average Bonchev–Trinajstić information content (AvgIpc) is 3.40. The molecule has 2 aromatic carbocycles. The van der Waals surface area contributed by atoms with Crippen LogP contribution in [0.1, 0.15) is 24.4 Å². The number of halogens is 1. The van der Waals surface area contributed by atoms with E-state index < -0.39 is 0 Å². The van der Waals surface area contributed by atoms with Crippen LogP contribution in [0.2, 0.25) is 0 Å². The zero-order chi connectivity index (χ0) is 17.9. The minimum Gasteiger partial charge on any atom is -0.492 e. The van der Waals surface area contributed by atoms with Crippen molar-refractivity contribution in [3.8, 4) is 17.1 Å². The normalized spacial score (nSPS) is 13.8. The number of aromatic nitrogens is 3. The van der Waals surface area contributed by atoms with Crippen molar-refractivity contribution in [3.05, 3.63) is 59.9 Å². The lowest BCUT2D eigenvalue weighted by Gasteiger charge is -2.10. The predicted octanol–water partition coefficient (Wildman–Crippen LogP) is 4.90. The Hall–Kier alpha value is -2.34. The van der Waals surface area contributed by atoms with Crippen LogP contribution in [0.5, 0.6) is 5.75 Å². The van der Waals surface area contributed by atoms with Crippen LogP contribution in [-0.4, -0.2) is 27.1 Å². The second-order valence-electron chi connectivity index (χ2n) is 6.35. The Kier molecular flexibility index (Phi) is 4.93. The van der Waals surface area contributed by atoms with Crippen molar-refractivity contribution in [3.63, 3.8) is 0 Å². The lowest BCUT2D eigenvalue weighted by Crippen LogP contribution is -2.04. The highest BCUT2D eigenvalue weighted by atomic mass is 32.2. The van der Waals surface area contributed by atoms with Gasteiger partial charge in [-0.3, -0.25) is 4.57 Å². The molecule has 4 nitrogen and oxygen atoms in total. The van der Waals surface area contributed by atoms with Gasteiger partial charge in [-0.05, 0) is 43.5 Å². The molecule has 0 spiro atoms. The topological polar surface area (TPSA) is 39.9 Å². The van der Waals surface area contributed by atoms with E-state index in [0.29, 0.717) is 24.0 Å². The second kappa shape index (κ2) is 7.50. The zero-order valence-corrected chi connectivity index (χ0v) is 15.4. The van der Waals surface area contributed by atoms with Gasteiger partial charge in [-0.25, -0.2) is 4.39 Å². The molecule has 0 atom stereocenters. The molecular formula is C20H20FN3OS. The Bertz CT molecular complexity index is 908. The summed E-state index contributed by atoms with van der Waals surface area (Å²) < 4.78 is 22.1. The molecule has 0 amide bonds. The van der Waals surface area contributed by atoms with E-state index in [-0.39, 0.29) is 5.82 Å². The molecule has 6 heteroatoms. The molecule has 0 saturated heterocycles. The third-order valence-corrected chi connectivity index (χ3v) is 5.26. The smallest absolute Gasteiger partial charge is 0.191 e. The van der Waals surface area contributed by atoms with Gasteiger partial charge in [0.1, 0.15) is 11.6 Å². The highest BCUT2D eigenvalue weighted by Crippen LogP contribution is 2.41. The van der Waals surface area contributed by atoms with Crippen LogP contribution in [0.3, 0.4) is 0 Å². The molecule has 3 aromatic rings. The molecule has 1 fully saturated rings. The molecule has 1 aliphatic carbocycles. The largest absolute Gasteiger partial charge is 0.492 e. The van der Waals surface area contributed by atoms with Crippen LogP contribution >= 0.6 is 11.8 Å². The number of ether oxygens (including phenoxy) is 1. The number of nitrogens with zero attached hydrogens (tertiary/aromatic N) is 3. The van der Waals surface area contributed by atoms with Gasteiger partial charge in [-0.1, -0.05) is 42.1 Å². The van der Waals surface area contributed by atoms with E-state index >= 15 is 0 Å². The van der Waals surface area contributed by atoms with E-state index in [1.165, 1.54) is 6.07 Å². The second-order valence-corrected chi connectivity index (χ2v) is 7.41. The van der Waals surface area contributed by atoms with Gasteiger partial charge in [0.25, 0.3) is 0 Å². The zero-order valence-electron chi connectivity index (χ0n) is 14.6. The van der Waals surface area contributed by atoms with Gasteiger partial charge in [0.05, 0.1) is 12.2 Å². The Balaban J connectivity index is 1.46. The van der Waals surface area contributed by atoms with Gasteiger partial charge in [0.2, 0.25) is 0 Å². The lowest BCUT2D eigenvalue weighted by atomic mass is 10.2. The fourth-order valence-corrected chi connectivity index (χ4v) is 3.69. The summed E-state index contributed by atoms with van der Waals surface area (Å²) in [6.07, 6.45) is 2.18. The Morgan fingerprint density at radius 3 is 2.65 bits per heavy atom. The highest BCUT2D eigenvalue weighted by molar-refractivity contribution is 7.99. The number of hydrogen-bond acceptors (Lipinski definition) is 4. The van der Waals surface area contributed by atoms with Gasteiger partial charge in [0, 0.05) is 11.8 Å². The van der Waals surface area contributed by atoms with Crippen molar-refractivity contribution < 1.29 is 9.13 Å². The standard InChI is InChI=1S/C20H20FN3OS/c1-14-6-2-5-9-18(14)25-12-13-26-20-23-22-19(24(20)15-10-11-15)16-7-3-4-8-17(16)21/h2-9,15H,10-13H2,1H3. The van der Waals surface area contributed by atoms with Crippen LogP contribution in [0, 0.1) is 12.7 Å². The van der Waals surface area contributed by atoms with E-state index in [4.69, 9.17) is 4.74 Å². The molecular weight excluding hydrogens is 349 g/mol. The lowest BCUT2D eigenvalue weighted by molar-refractivity contribution is 0.341. The molecule has 0 bridgehead atoms. The summed E-state index contributed by atoms with van der Waals surface area (Å²) in [5.74, 6) is 2.02. The first-order chi connectivity index (χ1) is 12.7. The molecule has 0 unspecified atom stereocenters. The van der Waals surface area contributed by atoms with Gasteiger partial charge >= 0.3 is 0 Å². The first-order valence-corrected chi connectivity index (χ1v) is 9.73. The quantitative estimate of drug-likeness (QED) is 0.439. The van der Waals surface area contributed by atoms with Crippen molar-refractivity contribution in [1.82, 2.24) is 14.8 Å². The van der Waals surface area contributed by atoms with Crippen LogP contribution in [0.15, 0.2) is 53.7 Å². The van der Waals surface area contributed by atoms with Crippen molar-refractivity contribution >= 4 is 11.8 Å². The van der Waals surface area contributed by atoms with E-state index in [2.05, 4.69) is 14.8 Å². The minimum absolute atomic E-state index is 0.263. The van der Waals surface area contributed by atoms with Crippen LogP contribution in [0.4, 0.5) is 4.39 Å². The third-order valence-electron chi connectivity index (χ3n) is 4.36. The van der Waals surface area contributed by atoms with Crippen molar-refractivity contribution in [1.29, 1.82) is 0 Å². The summed E-state index contributed by atoms with van der Waals surface area (Å²) in [4.78, 5) is 0. The summed E-state index contributed by atoms with van der Waals surface area (Å²) >= 11 is 1.60. The number of para-hydroxylation sites is 1. The number of aryl methyl sites for hydroxylation is 1. The maximum atomic E-state index is 14.2. The van der Waals surface area contributed by atoms with E-state index in [9.17, 15) is 4.39 Å². The van der Waals surface area contributed by atoms with Gasteiger partial charge in [-0.2, -0.15) is 0 Å². The summed E-state index contributed by atoms with van der Waals surface area (Å²) in [5, 5.41) is 9.41.